The van der Waals surface area contributed by atoms with Crippen molar-refractivity contribution in [1.29, 1.82) is 0 Å². The standard InChI is InChI=1S/C33H32O9S2/c1-4-39-33(34)29-18-25-19-31(42-44(37,38)27-16-12-23(3)13-17-27)32(21-40-43(35,36)26-14-10-22(2)11-15-26)41-30(25)20-28(29)24-8-6-5-7-9-24/h5-18,20,31-32H,4,19,21H2,1-3H3/t31-,32+/m0/s1. The van der Waals surface area contributed by atoms with Crippen LogP contribution < -0.4 is 4.74 Å². The van der Waals surface area contributed by atoms with Gasteiger partial charge in [-0.2, -0.15) is 16.8 Å². The number of fused-ring (bicyclic) bond motifs is 1. The van der Waals surface area contributed by atoms with Gasteiger partial charge in [0.05, 0.1) is 22.0 Å². The lowest BCUT2D eigenvalue weighted by atomic mass is 9.92. The van der Waals surface area contributed by atoms with Gasteiger partial charge in [0.2, 0.25) is 0 Å². The lowest BCUT2D eigenvalue weighted by Gasteiger charge is -2.33. The van der Waals surface area contributed by atoms with Gasteiger partial charge in [0.25, 0.3) is 20.2 Å². The smallest absolute Gasteiger partial charge is 0.338 e. The van der Waals surface area contributed by atoms with E-state index in [-0.39, 0.29) is 28.4 Å². The maximum Gasteiger partial charge on any atom is 0.338 e. The molecule has 4 aromatic carbocycles. The molecule has 0 unspecified atom stereocenters. The summed E-state index contributed by atoms with van der Waals surface area (Å²) < 4.78 is 75.2. The highest BCUT2D eigenvalue weighted by Gasteiger charge is 2.37. The molecular weight excluding hydrogens is 604 g/mol. The number of carbonyl (C=O) groups is 1. The Kier molecular flexibility index (Phi) is 9.21. The van der Waals surface area contributed by atoms with Crippen LogP contribution in [0.4, 0.5) is 0 Å². The van der Waals surface area contributed by atoms with Crippen molar-refractivity contribution in [3.05, 3.63) is 113 Å². The molecule has 0 amide bonds. The predicted octanol–water partition coefficient (Wildman–Crippen LogP) is 5.63. The molecule has 0 saturated carbocycles. The third-order valence-electron chi connectivity index (χ3n) is 7.15. The van der Waals surface area contributed by atoms with E-state index in [9.17, 15) is 21.6 Å². The largest absolute Gasteiger partial charge is 0.485 e. The van der Waals surface area contributed by atoms with E-state index < -0.39 is 45.0 Å². The molecule has 0 N–H and O–H groups in total. The van der Waals surface area contributed by atoms with Crippen molar-refractivity contribution in [2.24, 2.45) is 0 Å². The molecule has 0 fully saturated rings. The molecular formula is C33H32O9S2. The first-order valence-electron chi connectivity index (χ1n) is 14.0. The first kappa shape index (κ1) is 31.4. The van der Waals surface area contributed by atoms with E-state index in [1.165, 1.54) is 24.3 Å². The van der Waals surface area contributed by atoms with Gasteiger partial charge in [0.1, 0.15) is 18.5 Å². The lowest BCUT2D eigenvalue weighted by molar-refractivity contribution is 0.0148. The number of benzene rings is 4. The molecule has 11 heteroatoms. The SMILES string of the molecule is CCOC(=O)c1cc2c(cc1-c1ccccc1)O[C@H](COS(=O)(=O)c1ccc(C)cc1)[C@@H](OS(=O)(=O)c1ccc(C)cc1)C2. The van der Waals surface area contributed by atoms with Crippen molar-refractivity contribution in [2.45, 2.75) is 49.2 Å². The van der Waals surface area contributed by atoms with Crippen molar-refractivity contribution in [3.8, 4) is 16.9 Å². The Bertz CT molecular complexity index is 1850. The molecule has 0 aromatic heterocycles. The minimum Gasteiger partial charge on any atom is -0.485 e. The average Bonchev–Trinajstić information content (AvgIpc) is 3.00. The van der Waals surface area contributed by atoms with Gasteiger partial charge < -0.3 is 9.47 Å². The van der Waals surface area contributed by atoms with Gasteiger partial charge in [0.15, 0.2) is 6.10 Å². The summed E-state index contributed by atoms with van der Waals surface area (Å²) in [7, 11) is -8.49. The lowest BCUT2D eigenvalue weighted by Crippen LogP contribution is -2.44. The fourth-order valence-corrected chi connectivity index (χ4v) is 6.82. The highest BCUT2D eigenvalue weighted by atomic mass is 32.2. The average molecular weight is 637 g/mol. The Hall–Kier alpha value is -4.03. The van der Waals surface area contributed by atoms with Crippen LogP contribution in [0.5, 0.6) is 5.75 Å². The maximum atomic E-state index is 13.3. The first-order chi connectivity index (χ1) is 21.0. The summed E-state index contributed by atoms with van der Waals surface area (Å²) in [6, 6.07) is 24.8. The van der Waals surface area contributed by atoms with E-state index in [1.807, 2.05) is 44.2 Å². The Morgan fingerprint density at radius 1 is 0.818 bits per heavy atom. The fraction of sp³-hybridized carbons (Fsp3) is 0.242. The van der Waals surface area contributed by atoms with Crippen LogP contribution in [0.15, 0.2) is 101 Å². The highest BCUT2D eigenvalue weighted by Crippen LogP contribution is 2.37. The van der Waals surface area contributed by atoms with Crippen molar-refractivity contribution in [3.63, 3.8) is 0 Å². The van der Waals surface area contributed by atoms with Crippen LogP contribution in [0.3, 0.4) is 0 Å². The number of aryl methyl sites for hydroxylation is 2. The van der Waals surface area contributed by atoms with Gasteiger partial charge >= 0.3 is 5.97 Å². The first-order valence-corrected chi connectivity index (χ1v) is 16.8. The van der Waals surface area contributed by atoms with Gasteiger partial charge in [-0.3, -0.25) is 8.37 Å². The summed E-state index contributed by atoms with van der Waals surface area (Å²) >= 11 is 0. The van der Waals surface area contributed by atoms with Crippen LogP contribution >= 0.6 is 0 Å². The monoisotopic (exact) mass is 636 g/mol. The Morgan fingerprint density at radius 3 is 2.00 bits per heavy atom. The van der Waals surface area contributed by atoms with Gasteiger partial charge in [-0.05, 0) is 73.9 Å². The van der Waals surface area contributed by atoms with Crippen LogP contribution in [0, 0.1) is 13.8 Å². The van der Waals surface area contributed by atoms with E-state index in [1.54, 1.807) is 43.3 Å². The minimum absolute atomic E-state index is 0.0134. The van der Waals surface area contributed by atoms with Crippen molar-refractivity contribution < 1.29 is 39.5 Å². The van der Waals surface area contributed by atoms with Crippen LogP contribution in [-0.2, 0) is 39.8 Å². The number of esters is 1. The number of ether oxygens (including phenoxy) is 2. The van der Waals surface area contributed by atoms with Crippen LogP contribution in [0.25, 0.3) is 11.1 Å². The van der Waals surface area contributed by atoms with Crippen molar-refractivity contribution in [2.75, 3.05) is 13.2 Å². The normalized spacial score (nSPS) is 16.5. The molecule has 0 spiro atoms. The highest BCUT2D eigenvalue weighted by molar-refractivity contribution is 7.87. The van der Waals surface area contributed by atoms with Crippen molar-refractivity contribution in [1.82, 2.24) is 0 Å². The molecule has 1 heterocycles. The van der Waals surface area contributed by atoms with E-state index >= 15 is 0 Å². The summed E-state index contributed by atoms with van der Waals surface area (Å²) in [5, 5.41) is 0. The maximum absolute atomic E-state index is 13.3. The molecule has 9 nitrogen and oxygen atoms in total. The molecule has 0 saturated heterocycles. The zero-order valence-electron chi connectivity index (χ0n) is 24.4. The Morgan fingerprint density at radius 2 is 1.41 bits per heavy atom. The topological polar surface area (TPSA) is 122 Å². The third kappa shape index (κ3) is 7.02. The second-order valence-corrected chi connectivity index (χ2v) is 13.6. The fourth-order valence-electron chi connectivity index (χ4n) is 4.81. The summed E-state index contributed by atoms with van der Waals surface area (Å²) in [6.45, 7) is 5.00. The summed E-state index contributed by atoms with van der Waals surface area (Å²) in [5.74, 6) is -0.209. The van der Waals surface area contributed by atoms with E-state index in [0.717, 1.165) is 16.7 Å². The predicted molar refractivity (Wildman–Crippen MR) is 164 cm³/mol. The third-order valence-corrected chi connectivity index (χ3v) is 9.80. The second kappa shape index (κ2) is 12.9. The minimum atomic E-state index is -4.29. The van der Waals surface area contributed by atoms with E-state index in [0.29, 0.717) is 16.9 Å². The number of hydrogen-bond acceptors (Lipinski definition) is 9. The Balaban J connectivity index is 1.52. The van der Waals surface area contributed by atoms with E-state index in [4.69, 9.17) is 17.8 Å². The van der Waals surface area contributed by atoms with Crippen LogP contribution in [-0.4, -0.2) is 48.2 Å². The molecule has 1 aliphatic heterocycles. The molecule has 0 radical (unpaired) electrons. The molecule has 44 heavy (non-hydrogen) atoms. The molecule has 0 bridgehead atoms. The quantitative estimate of drug-likeness (QED) is 0.161. The summed E-state index contributed by atoms with van der Waals surface area (Å²) in [6.07, 6.45) is -2.33. The van der Waals surface area contributed by atoms with Crippen LogP contribution in [0.2, 0.25) is 0 Å². The summed E-state index contributed by atoms with van der Waals surface area (Å²) in [4.78, 5) is 12.9. The molecule has 4 aromatic rings. The molecule has 1 aliphatic rings. The van der Waals surface area contributed by atoms with Crippen molar-refractivity contribution >= 4 is 26.2 Å². The zero-order valence-corrected chi connectivity index (χ0v) is 26.1. The summed E-state index contributed by atoms with van der Waals surface area (Å²) in [5.41, 5.74) is 3.79. The van der Waals surface area contributed by atoms with Crippen LogP contribution in [0.1, 0.15) is 34.0 Å². The second-order valence-electron chi connectivity index (χ2n) is 10.4. The van der Waals surface area contributed by atoms with Gasteiger partial charge in [-0.1, -0.05) is 65.7 Å². The van der Waals surface area contributed by atoms with Gasteiger partial charge in [-0.15, -0.1) is 0 Å². The number of carbonyl (C=O) groups excluding carboxylic acids is 1. The van der Waals surface area contributed by atoms with E-state index in [2.05, 4.69) is 0 Å². The molecule has 230 valence electrons. The zero-order chi connectivity index (χ0) is 31.5. The molecule has 2 atom stereocenters. The van der Waals surface area contributed by atoms with Gasteiger partial charge in [-0.25, -0.2) is 4.79 Å². The number of rotatable bonds is 10. The Labute approximate surface area is 257 Å². The number of hydrogen-bond donors (Lipinski definition) is 0. The molecule has 5 rings (SSSR count). The van der Waals surface area contributed by atoms with Gasteiger partial charge in [0, 0.05) is 6.42 Å². The molecule has 0 aliphatic carbocycles.